The van der Waals surface area contributed by atoms with E-state index in [1.807, 2.05) is 26.0 Å². The van der Waals surface area contributed by atoms with Gasteiger partial charge in [0.25, 0.3) is 7.63 Å². The van der Waals surface area contributed by atoms with Gasteiger partial charge in [0, 0.05) is 25.5 Å². The smallest absolute Gasteiger partial charge is 0.287 e. The van der Waals surface area contributed by atoms with Crippen LogP contribution in [0.1, 0.15) is 13.3 Å². The minimum atomic E-state index is -1.90. The van der Waals surface area contributed by atoms with Gasteiger partial charge in [-0.05, 0) is 25.9 Å². The highest BCUT2D eigenvalue weighted by atomic mass is 35.6. The monoisotopic (exact) mass is 232 g/mol. The van der Waals surface area contributed by atoms with E-state index in [4.69, 9.17) is 15.5 Å². The summed E-state index contributed by atoms with van der Waals surface area (Å²) in [5, 5.41) is 0. The molecule has 0 aromatic carbocycles. The van der Waals surface area contributed by atoms with Gasteiger partial charge in [-0.15, -0.1) is 11.1 Å². The van der Waals surface area contributed by atoms with Crippen LogP contribution >= 0.6 is 11.1 Å². The van der Waals surface area contributed by atoms with Gasteiger partial charge in [0.1, 0.15) is 0 Å². The third kappa shape index (κ3) is 4.26. The summed E-state index contributed by atoms with van der Waals surface area (Å²) in [6.07, 6.45) is 6.64. The molecule has 1 atom stereocenters. The average Bonchev–Trinajstić information content (AvgIpc) is 2.56. The van der Waals surface area contributed by atoms with Crippen molar-refractivity contribution in [1.29, 1.82) is 0 Å². The summed E-state index contributed by atoms with van der Waals surface area (Å²) < 4.78 is 7.59. The molecule has 0 bridgehead atoms. The van der Waals surface area contributed by atoms with Crippen molar-refractivity contribution < 1.29 is 4.43 Å². The highest BCUT2D eigenvalue weighted by molar-refractivity contribution is 7.16. The van der Waals surface area contributed by atoms with Crippen LogP contribution < -0.4 is 0 Å². The predicted molar refractivity (Wildman–Crippen MR) is 60.7 cm³/mol. The molecule has 0 N–H and O–H groups in total. The number of hydrogen-bond donors (Lipinski definition) is 0. The number of hydrogen-bond acceptors (Lipinski definition) is 2. The molecule has 3 nitrogen and oxygen atoms in total. The molecule has 1 heterocycles. The molecule has 0 aliphatic heterocycles. The lowest BCUT2D eigenvalue weighted by atomic mass is 10.5. The summed E-state index contributed by atoms with van der Waals surface area (Å²) in [4.78, 5) is 3.98. The molecular weight excluding hydrogens is 216 g/mol. The van der Waals surface area contributed by atoms with Crippen molar-refractivity contribution in [2.45, 2.75) is 32.5 Å². The van der Waals surface area contributed by atoms with Crippen LogP contribution in [0.15, 0.2) is 18.7 Å². The predicted octanol–water partition coefficient (Wildman–Crippen LogP) is 2.62. The second kappa shape index (κ2) is 5.53. The van der Waals surface area contributed by atoms with Crippen molar-refractivity contribution in [1.82, 2.24) is 9.55 Å². The maximum atomic E-state index is 6.27. The van der Waals surface area contributed by atoms with Gasteiger partial charge in [-0.25, -0.2) is 4.98 Å². The molecule has 5 heteroatoms. The first-order chi connectivity index (χ1) is 6.64. The number of imidazole rings is 1. The van der Waals surface area contributed by atoms with Crippen LogP contribution in [0.5, 0.6) is 0 Å². The van der Waals surface area contributed by atoms with E-state index in [0.29, 0.717) is 0 Å². The summed E-state index contributed by atoms with van der Waals surface area (Å²) in [5.74, 6) is 0. The number of rotatable bonds is 6. The third-order valence-electron chi connectivity index (χ3n) is 2.04. The molecule has 0 aliphatic carbocycles. The van der Waals surface area contributed by atoms with Crippen LogP contribution in [0.3, 0.4) is 0 Å². The molecular formula is C9H17ClN2OSi. The van der Waals surface area contributed by atoms with E-state index in [9.17, 15) is 0 Å². The third-order valence-corrected chi connectivity index (χ3v) is 5.08. The second-order valence-electron chi connectivity index (χ2n) is 3.44. The van der Waals surface area contributed by atoms with Crippen molar-refractivity contribution in [3.05, 3.63) is 18.7 Å². The van der Waals surface area contributed by atoms with Crippen molar-refractivity contribution in [3.63, 3.8) is 0 Å². The Kier molecular flexibility index (Phi) is 4.64. The van der Waals surface area contributed by atoms with Gasteiger partial charge in [0.2, 0.25) is 0 Å². The molecule has 0 spiro atoms. The first-order valence-electron chi connectivity index (χ1n) is 4.92. The summed E-state index contributed by atoms with van der Waals surface area (Å²) in [5.41, 5.74) is 0. The van der Waals surface area contributed by atoms with Gasteiger partial charge >= 0.3 is 0 Å². The van der Waals surface area contributed by atoms with Gasteiger partial charge in [0.15, 0.2) is 0 Å². The van der Waals surface area contributed by atoms with Crippen LogP contribution in [0.4, 0.5) is 0 Å². The summed E-state index contributed by atoms with van der Waals surface area (Å²) >= 11 is 6.27. The number of halogens is 1. The van der Waals surface area contributed by atoms with Crippen molar-refractivity contribution in [3.8, 4) is 0 Å². The Labute approximate surface area is 90.9 Å². The van der Waals surface area contributed by atoms with Gasteiger partial charge in [-0.3, -0.25) is 0 Å². The maximum Gasteiger partial charge on any atom is 0.287 e. The first-order valence-corrected chi connectivity index (χ1v) is 8.55. The first kappa shape index (κ1) is 11.7. The molecule has 80 valence electrons. The quantitative estimate of drug-likeness (QED) is 0.557. The highest BCUT2D eigenvalue weighted by Gasteiger charge is 2.24. The normalized spacial score (nSPS) is 15.4. The molecule has 0 amide bonds. The molecule has 1 aromatic rings. The summed E-state index contributed by atoms with van der Waals surface area (Å²) in [6, 6.07) is 0.987. The van der Waals surface area contributed by atoms with Crippen LogP contribution in [0, 0.1) is 0 Å². The zero-order chi connectivity index (χ0) is 10.4. The fourth-order valence-electron chi connectivity index (χ4n) is 1.37. The summed E-state index contributed by atoms with van der Waals surface area (Å²) in [6.45, 7) is 5.73. The van der Waals surface area contributed by atoms with Crippen LogP contribution in [-0.4, -0.2) is 23.8 Å². The largest absolute Gasteiger partial charge is 0.403 e. The molecule has 0 radical (unpaired) electrons. The summed E-state index contributed by atoms with van der Waals surface area (Å²) in [7, 11) is -1.90. The fraction of sp³-hybridized carbons (Fsp3) is 0.667. The molecule has 0 saturated heterocycles. The van der Waals surface area contributed by atoms with Crippen LogP contribution in [-0.2, 0) is 11.0 Å². The average molecular weight is 233 g/mol. The standard InChI is InChI=1S/C9H17ClN2OSi/c1-3-13-14(2,10)8-4-6-12-7-5-11-9-12/h5,7,9H,3-4,6,8H2,1-2H3. The molecule has 1 unspecified atom stereocenters. The Morgan fingerprint density at radius 3 is 2.93 bits per heavy atom. The van der Waals surface area contributed by atoms with Crippen molar-refractivity contribution in [2.24, 2.45) is 0 Å². The topological polar surface area (TPSA) is 27.1 Å². The Morgan fingerprint density at radius 1 is 1.57 bits per heavy atom. The van der Waals surface area contributed by atoms with Crippen molar-refractivity contribution in [2.75, 3.05) is 6.61 Å². The lowest BCUT2D eigenvalue weighted by molar-refractivity contribution is 0.337. The van der Waals surface area contributed by atoms with Crippen LogP contribution in [0.25, 0.3) is 0 Å². The van der Waals surface area contributed by atoms with Crippen LogP contribution in [0.2, 0.25) is 12.6 Å². The molecule has 1 rings (SSSR count). The zero-order valence-corrected chi connectivity index (χ0v) is 10.5. The maximum absolute atomic E-state index is 6.27. The van der Waals surface area contributed by atoms with E-state index < -0.39 is 7.63 Å². The van der Waals surface area contributed by atoms with E-state index in [0.717, 1.165) is 25.6 Å². The Morgan fingerprint density at radius 2 is 2.36 bits per heavy atom. The highest BCUT2D eigenvalue weighted by Crippen LogP contribution is 2.18. The lowest BCUT2D eigenvalue weighted by Crippen LogP contribution is -2.27. The lowest BCUT2D eigenvalue weighted by Gasteiger charge is -2.18. The molecule has 14 heavy (non-hydrogen) atoms. The SMILES string of the molecule is CCO[Si](C)(Cl)CCCn1ccnc1. The van der Waals surface area contributed by atoms with E-state index in [-0.39, 0.29) is 0 Å². The van der Waals surface area contributed by atoms with Gasteiger partial charge in [-0.2, -0.15) is 0 Å². The second-order valence-corrected chi connectivity index (χ2v) is 8.83. The van der Waals surface area contributed by atoms with E-state index >= 15 is 0 Å². The number of nitrogens with zero attached hydrogens (tertiary/aromatic N) is 2. The minimum absolute atomic E-state index is 0.720. The Bertz CT molecular complexity index is 251. The number of aromatic nitrogens is 2. The molecule has 0 aliphatic rings. The molecule has 1 aromatic heterocycles. The van der Waals surface area contributed by atoms with E-state index in [2.05, 4.69) is 9.55 Å². The zero-order valence-electron chi connectivity index (χ0n) is 8.74. The van der Waals surface area contributed by atoms with Crippen molar-refractivity contribution >= 4 is 18.7 Å². The Balaban J connectivity index is 2.20. The van der Waals surface area contributed by atoms with E-state index in [1.165, 1.54) is 0 Å². The van der Waals surface area contributed by atoms with Gasteiger partial charge in [0.05, 0.1) is 6.33 Å². The minimum Gasteiger partial charge on any atom is -0.403 e. The molecule has 0 saturated carbocycles. The number of aryl methyl sites for hydroxylation is 1. The van der Waals surface area contributed by atoms with Gasteiger partial charge in [-0.1, -0.05) is 0 Å². The van der Waals surface area contributed by atoms with Gasteiger partial charge < -0.3 is 8.99 Å². The molecule has 0 fully saturated rings. The fourth-order valence-corrected chi connectivity index (χ4v) is 3.63. The van der Waals surface area contributed by atoms with E-state index in [1.54, 1.807) is 6.20 Å². The Hall–Kier alpha value is -0.323.